The molecule has 0 saturated heterocycles. The maximum Gasteiger partial charge on any atom is 0.259 e. The van der Waals surface area contributed by atoms with E-state index in [-0.39, 0.29) is 11.6 Å². The number of ether oxygens (including phenoxy) is 3. The Hall–Kier alpha value is -4.01. The Morgan fingerprint density at radius 3 is 2.40 bits per heavy atom. The van der Waals surface area contributed by atoms with Crippen LogP contribution in [-0.2, 0) is 0 Å². The van der Waals surface area contributed by atoms with Crippen LogP contribution in [0.5, 0.6) is 17.2 Å². The van der Waals surface area contributed by atoms with Gasteiger partial charge in [0.25, 0.3) is 11.6 Å². The van der Waals surface area contributed by atoms with Crippen LogP contribution in [0.3, 0.4) is 0 Å². The summed E-state index contributed by atoms with van der Waals surface area (Å²) in [5.41, 5.74) is 2.07. The van der Waals surface area contributed by atoms with E-state index in [4.69, 9.17) is 23.2 Å². The standard InChI is InChI=1S/C21H19N3O6/c1-11-18-13(10-14(15-6-5-7-29-15)23-21(18)30-24-11)20(25)22-12-8-16(26-2)19(28-4)17(9-12)27-3/h5-10H,1-4H3,(H,22,25). The fourth-order valence-electron chi connectivity index (χ4n) is 3.18. The molecule has 1 amide bonds. The molecule has 154 valence electrons. The van der Waals surface area contributed by atoms with Crippen LogP contribution < -0.4 is 19.5 Å². The first-order valence-corrected chi connectivity index (χ1v) is 8.98. The minimum Gasteiger partial charge on any atom is -0.493 e. The summed E-state index contributed by atoms with van der Waals surface area (Å²) in [7, 11) is 4.52. The SMILES string of the molecule is COc1cc(NC(=O)c2cc(-c3ccco3)nc3onc(C)c23)cc(OC)c1OC. The van der Waals surface area contributed by atoms with E-state index in [1.165, 1.54) is 27.6 Å². The third-order valence-electron chi connectivity index (χ3n) is 4.56. The van der Waals surface area contributed by atoms with Crippen LogP contribution in [-0.4, -0.2) is 37.4 Å². The Morgan fingerprint density at radius 2 is 1.80 bits per heavy atom. The highest BCUT2D eigenvalue weighted by Crippen LogP contribution is 2.40. The number of aryl methyl sites for hydroxylation is 1. The van der Waals surface area contributed by atoms with Crippen molar-refractivity contribution < 1.29 is 27.9 Å². The summed E-state index contributed by atoms with van der Waals surface area (Å²) >= 11 is 0. The number of carbonyl (C=O) groups excluding carboxylic acids is 1. The largest absolute Gasteiger partial charge is 0.493 e. The van der Waals surface area contributed by atoms with Crippen LogP contribution in [0.15, 0.2) is 45.5 Å². The molecule has 0 bridgehead atoms. The molecular weight excluding hydrogens is 390 g/mol. The summed E-state index contributed by atoms with van der Waals surface area (Å²) in [5, 5.41) is 7.32. The van der Waals surface area contributed by atoms with Crippen molar-refractivity contribution >= 4 is 22.7 Å². The van der Waals surface area contributed by atoms with Crippen LogP contribution in [0.1, 0.15) is 16.1 Å². The number of aromatic nitrogens is 2. The smallest absolute Gasteiger partial charge is 0.259 e. The van der Waals surface area contributed by atoms with Gasteiger partial charge in [-0.25, -0.2) is 4.98 Å². The van der Waals surface area contributed by atoms with Gasteiger partial charge < -0.3 is 28.5 Å². The monoisotopic (exact) mass is 409 g/mol. The van der Waals surface area contributed by atoms with Crippen molar-refractivity contribution in [3.63, 3.8) is 0 Å². The van der Waals surface area contributed by atoms with Crippen LogP contribution in [0.25, 0.3) is 22.6 Å². The Labute approximate surface area is 171 Å². The second-order valence-electron chi connectivity index (χ2n) is 6.35. The van der Waals surface area contributed by atoms with Crippen molar-refractivity contribution in [2.75, 3.05) is 26.6 Å². The van der Waals surface area contributed by atoms with Gasteiger partial charge in [0.2, 0.25) is 5.75 Å². The van der Waals surface area contributed by atoms with Crippen molar-refractivity contribution in [3.05, 3.63) is 47.9 Å². The Kier molecular flexibility index (Phi) is 5.01. The van der Waals surface area contributed by atoms with Gasteiger partial charge in [-0.1, -0.05) is 5.16 Å². The molecule has 1 aromatic carbocycles. The predicted molar refractivity (Wildman–Crippen MR) is 108 cm³/mol. The molecule has 0 aliphatic rings. The van der Waals surface area contributed by atoms with E-state index in [9.17, 15) is 4.79 Å². The lowest BCUT2D eigenvalue weighted by Crippen LogP contribution is -2.13. The molecule has 3 aromatic heterocycles. The predicted octanol–water partition coefficient (Wildman–Crippen LogP) is 4.07. The summed E-state index contributed by atoms with van der Waals surface area (Å²) in [4.78, 5) is 17.6. The number of anilines is 1. The number of furan rings is 1. The van der Waals surface area contributed by atoms with Gasteiger partial charge in [-0.15, -0.1) is 0 Å². The molecule has 9 nitrogen and oxygen atoms in total. The van der Waals surface area contributed by atoms with Gasteiger partial charge in [0.05, 0.1) is 44.2 Å². The molecule has 3 heterocycles. The number of fused-ring (bicyclic) bond motifs is 1. The Balaban J connectivity index is 1.78. The molecule has 0 saturated carbocycles. The first-order valence-electron chi connectivity index (χ1n) is 8.98. The van der Waals surface area contributed by atoms with Crippen molar-refractivity contribution in [3.8, 4) is 28.7 Å². The van der Waals surface area contributed by atoms with E-state index < -0.39 is 0 Å². The molecule has 4 aromatic rings. The highest BCUT2D eigenvalue weighted by atomic mass is 16.5. The average molecular weight is 409 g/mol. The highest BCUT2D eigenvalue weighted by molar-refractivity contribution is 6.13. The number of hydrogen-bond donors (Lipinski definition) is 1. The number of methoxy groups -OCH3 is 3. The summed E-state index contributed by atoms with van der Waals surface area (Å²) in [6.45, 7) is 1.75. The molecule has 1 N–H and O–H groups in total. The molecule has 0 aliphatic heterocycles. The lowest BCUT2D eigenvalue weighted by atomic mass is 10.1. The average Bonchev–Trinajstić information content (AvgIpc) is 3.42. The number of pyridine rings is 1. The van der Waals surface area contributed by atoms with E-state index in [0.717, 1.165) is 0 Å². The molecule has 4 rings (SSSR count). The summed E-state index contributed by atoms with van der Waals surface area (Å²) in [6, 6.07) is 8.41. The Morgan fingerprint density at radius 1 is 1.07 bits per heavy atom. The summed E-state index contributed by atoms with van der Waals surface area (Å²) < 4.78 is 26.7. The molecule has 0 unspecified atom stereocenters. The van der Waals surface area contributed by atoms with Crippen LogP contribution in [0, 0.1) is 6.92 Å². The minimum atomic E-state index is -0.379. The lowest BCUT2D eigenvalue weighted by Gasteiger charge is -2.15. The number of benzene rings is 1. The van der Waals surface area contributed by atoms with Crippen molar-refractivity contribution in [2.45, 2.75) is 6.92 Å². The second-order valence-corrected chi connectivity index (χ2v) is 6.35. The molecular formula is C21H19N3O6. The number of carbonyl (C=O) groups is 1. The van der Waals surface area contributed by atoms with Crippen molar-refractivity contribution in [1.82, 2.24) is 10.1 Å². The molecule has 0 radical (unpaired) electrons. The minimum absolute atomic E-state index is 0.247. The van der Waals surface area contributed by atoms with E-state index in [2.05, 4.69) is 15.5 Å². The van der Waals surface area contributed by atoms with Gasteiger partial charge in [0, 0.05) is 17.8 Å². The van der Waals surface area contributed by atoms with Gasteiger partial charge in [-0.05, 0) is 25.1 Å². The number of nitrogens with zero attached hydrogens (tertiary/aromatic N) is 2. The molecule has 0 aliphatic carbocycles. The zero-order valence-electron chi connectivity index (χ0n) is 16.8. The number of rotatable bonds is 6. The summed E-state index contributed by atoms with van der Waals surface area (Å²) in [5.74, 6) is 1.40. The van der Waals surface area contributed by atoms with Gasteiger partial charge in [0.1, 0.15) is 5.69 Å². The maximum atomic E-state index is 13.2. The topological polar surface area (TPSA) is 109 Å². The zero-order valence-corrected chi connectivity index (χ0v) is 16.8. The molecule has 0 fully saturated rings. The lowest BCUT2D eigenvalue weighted by molar-refractivity contribution is 0.102. The van der Waals surface area contributed by atoms with Crippen LogP contribution in [0.2, 0.25) is 0 Å². The molecule has 30 heavy (non-hydrogen) atoms. The molecule has 9 heteroatoms. The van der Waals surface area contributed by atoms with Crippen LogP contribution in [0.4, 0.5) is 5.69 Å². The number of hydrogen-bond acceptors (Lipinski definition) is 8. The van der Waals surface area contributed by atoms with E-state index in [0.29, 0.717) is 51.0 Å². The van der Waals surface area contributed by atoms with Crippen molar-refractivity contribution in [1.29, 1.82) is 0 Å². The highest BCUT2D eigenvalue weighted by Gasteiger charge is 2.21. The first kappa shape index (κ1) is 19.3. The number of amides is 1. The van der Waals surface area contributed by atoms with Crippen LogP contribution >= 0.6 is 0 Å². The Bertz CT molecular complexity index is 1190. The van der Waals surface area contributed by atoms with E-state index >= 15 is 0 Å². The van der Waals surface area contributed by atoms with Gasteiger partial charge in [-0.3, -0.25) is 4.79 Å². The zero-order chi connectivity index (χ0) is 21.3. The third-order valence-corrected chi connectivity index (χ3v) is 4.56. The first-order chi connectivity index (χ1) is 14.5. The van der Waals surface area contributed by atoms with E-state index in [1.54, 1.807) is 37.3 Å². The van der Waals surface area contributed by atoms with Crippen molar-refractivity contribution in [2.24, 2.45) is 0 Å². The second kappa shape index (κ2) is 7.78. The third kappa shape index (κ3) is 3.30. The fraction of sp³-hybridized carbons (Fsp3) is 0.190. The fourth-order valence-corrected chi connectivity index (χ4v) is 3.18. The van der Waals surface area contributed by atoms with Gasteiger partial charge in [-0.2, -0.15) is 0 Å². The quantitative estimate of drug-likeness (QED) is 0.508. The van der Waals surface area contributed by atoms with Gasteiger partial charge >= 0.3 is 0 Å². The van der Waals surface area contributed by atoms with E-state index in [1.807, 2.05) is 0 Å². The van der Waals surface area contributed by atoms with Gasteiger partial charge in [0.15, 0.2) is 17.3 Å². The number of nitrogens with one attached hydrogen (secondary N) is 1. The summed E-state index contributed by atoms with van der Waals surface area (Å²) in [6.07, 6.45) is 1.53. The maximum absolute atomic E-state index is 13.2. The molecule has 0 atom stereocenters. The molecule has 0 spiro atoms. The normalized spacial score (nSPS) is 10.8.